The van der Waals surface area contributed by atoms with E-state index in [1.807, 2.05) is 6.07 Å². The van der Waals surface area contributed by atoms with Crippen LogP contribution in [0.3, 0.4) is 0 Å². The number of rotatable bonds is 6. The Balaban J connectivity index is 2.13. The normalized spacial score (nSPS) is 16.9. The van der Waals surface area contributed by atoms with Gasteiger partial charge in [-0.3, -0.25) is 15.0 Å². The van der Waals surface area contributed by atoms with Gasteiger partial charge in [0.05, 0.1) is 4.92 Å². The van der Waals surface area contributed by atoms with Crippen LogP contribution in [-0.4, -0.2) is 21.9 Å². The minimum Gasteiger partial charge on any atom is -0.293 e. The number of benzene rings is 1. The molecule has 1 aromatic carbocycles. The van der Waals surface area contributed by atoms with Crippen molar-refractivity contribution in [1.29, 1.82) is 0 Å². The monoisotopic (exact) mass is 262 g/mol. The molecule has 0 N–H and O–H groups in total. The largest absolute Gasteiger partial charge is 0.293 e. The van der Waals surface area contributed by atoms with Crippen LogP contribution in [0.15, 0.2) is 24.3 Å². The van der Waals surface area contributed by atoms with Gasteiger partial charge in [0.2, 0.25) is 0 Å². The quantitative estimate of drug-likeness (QED) is 0.581. The molecule has 4 heteroatoms. The number of hydrogen-bond acceptors (Lipinski definition) is 3. The summed E-state index contributed by atoms with van der Waals surface area (Å²) >= 11 is 0. The average molecular weight is 262 g/mol. The fraction of sp³-hybridized carbons (Fsp3) is 0.600. The maximum absolute atomic E-state index is 10.8. The lowest BCUT2D eigenvalue weighted by molar-refractivity contribution is -0.384. The molecule has 0 bridgehead atoms. The van der Waals surface area contributed by atoms with Gasteiger partial charge < -0.3 is 0 Å². The van der Waals surface area contributed by atoms with E-state index in [1.54, 1.807) is 18.2 Å². The molecule has 1 aliphatic rings. The molecule has 1 aliphatic carbocycles. The van der Waals surface area contributed by atoms with Crippen LogP contribution in [0.25, 0.3) is 0 Å². The molecule has 1 saturated carbocycles. The topological polar surface area (TPSA) is 46.4 Å². The van der Waals surface area contributed by atoms with E-state index in [4.69, 9.17) is 0 Å². The first kappa shape index (κ1) is 14.0. The second-order valence-electron chi connectivity index (χ2n) is 5.82. The summed E-state index contributed by atoms with van der Waals surface area (Å²) in [6.45, 7) is 7.52. The number of nitro groups is 1. The van der Waals surface area contributed by atoms with E-state index in [-0.39, 0.29) is 10.6 Å². The van der Waals surface area contributed by atoms with Crippen molar-refractivity contribution in [1.82, 2.24) is 4.90 Å². The molecular formula is C15H22N2O2. The Morgan fingerprint density at radius 3 is 2.58 bits per heavy atom. The molecule has 0 radical (unpaired) electrons. The van der Waals surface area contributed by atoms with Crippen molar-refractivity contribution in [3.63, 3.8) is 0 Å². The van der Waals surface area contributed by atoms with Crippen LogP contribution in [0, 0.1) is 16.0 Å². The first-order valence-electron chi connectivity index (χ1n) is 6.98. The van der Waals surface area contributed by atoms with Crippen molar-refractivity contribution in [3.8, 4) is 0 Å². The van der Waals surface area contributed by atoms with Gasteiger partial charge in [-0.25, -0.2) is 0 Å². The zero-order valence-electron chi connectivity index (χ0n) is 11.9. The Hall–Kier alpha value is -1.42. The SMILES string of the molecule is CC(C)[C@H](C)N(Cc1cccc([N+](=O)[O-])c1)C1CC1. The molecule has 0 spiro atoms. The van der Waals surface area contributed by atoms with E-state index in [0.717, 1.165) is 12.1 Å². The molecule has 1 aromatic rings. The maximum Gasteiger partial charge on any atom is 0.269 e. The number of non-ortho nitro benzene ring substituents is 1. The van der Waals surface area contributed by atoms with E-state index in [2.05, 4.69) is 25.7 Å². The third kappa shape index (κ3) is 3.53. The minimum absolute atomic E-state index is 0.186. The Morgan fingerprint density at radius 1 is 1.37 bits per heavy atom. The Morgan fingerprint density at radius 2 is 2.05 bits per heavy atom. The van der Waals surface area contributed by atoms with Gasteiger partial charge in [-0.15, -0.1) is 0 Å². The lowest BCUT2D eigenvalue weighted by Gasteiger charge is -2.32. The summed E-state index contributed by atoms with van der Waals surface area (Å²) in [4.78, 5) is 13.0. The smallest absolute Gasteiger partial charge is 0.269 e. The molecule has 104 valence electrons. The molecule has 2 rings (SSSR count). The van der Waals surface area contributed by atoms with Crippen LogP contribution in [0.2, 0.25) is 0 Å². The summed E-state index contributed by atoms with van der Waals surface area (Å²) < 4.78 is 0. The van der Waals surface area contributed by atoms with E-state index in [1.165, 1.54) is 12.8 Å². The maximum atomic E-state index is 10.8. The van der Waals surface area contributed by atoms with E-state index < -0.39 is 0 Å². The van der Waals surface area contributed by atoms with Gasteiger partial charge in [-0.1, -0.05) is 26.0 Å². The van der Waals surface area contributed by atoms with E-state index in [0.29, 0.717) is 18.0 Å². The molecule has 0 heterocycles. The highest BCUT2D eigenvalue weighted by Gasteiger charge is 2.33. The van der Waals surface area contributed by atoms with Crippen molar-refractivity contribution in [3.05, 3.63) is 39.9 Å². The Bertz CT molecular complexity index is 455. The van der Waals surface area contributed by atoms with Gasteiger partial charge in [-0.2, -0.15) is 0 Å². The van der Waals surface area contributed by atoms with Gasteiger partial charge in [-0.05, 0) is 31.2 Å². The predicted molar refractivity (Wildman–Crippen MR) is 76.0 cm³/mol. The second-order valence-corrected chi connectivity index (χ2v) is 5.82. The van der Waals surface area contributed by atoms with Gasteiger partial charge >= 0.3 is 0 Å². The standard InChI is InChI=1S/C15H22N2O2/c1-11(2)12(3)16(14-7-8-14)10-13-5-4-6-15(9-13)17(18)19/h4-6,9,11-12,14H,7-8,10H2,1-3H3/t12-/m0/s1. The molecule has 0 amide bonds. The van der Waals surface area contributed by atoms with Gasteiger partial charge in [0, 0.05) is 30.8 Å². The van der Waals surface area contributed by atoms with E-state index >= 15 is 0 Å². The average Bonchev–Trinajstić information content (AvgIpc) is 3.19. The van der Waals surface area contributed by atoms with Crippen molar-refractivity contribution in [2.75, 3.05) is 0 Å². The summed E-state index contributed by atoms with van der Waals surface area (Å²) in [5, 5.41) is 10.8. The Labute approximate surface area is 114 Å². The molecule has 0 aliphatic heterocycles. The lowest BCUT2D eigenvalue weighted by atomic mass is 10.0. The first-order valence-corrected chi connectivity index (χ1v) is 6.98. The first-order chi connectivity index (χ1) is 8.99. The number of hydrogen-bond donors (Lipinski definition) is 0. The molecular weight excluding hydrogens is 240 g/mol. The highest BCUT2D eigenvalue weighted by Crippen LogP contribution is 2.32. The summed E-state index contributed by atoms with van der Waals surface area (Å²) in [5.41, 5.74) is 1.22. The fourth-order valence-electron chi connectivity index (χ4n) is 2.37. The fourth-order valence-corrected chi connectivity index (χ4v) is 2.37. The summed E-state index contributed by atoms with van der Waals surface area (Å²) in [6, 6.07) is 8.18. The molecule has 19 heavy (non-hydrogen) atoms. The third-order valence-electron chi connectivity index (χ3n) is 3.99. The van der Waals surface area contributed by atoms with Crippen molar-refractivity contribution in [2.24, 2.45) is 5.92 Å². The summed E-state index contributed by atoms with van der Waals surface area (Å²) in [5.74, 6) is 0.597. The van der Waals surface area contributed by atoms with Gasteiger partial charge in [0.1, 0.15) is 0 Å². The molecule has 0 saturated heterocycles. The van der Waals surface area contributed by atoms with Crippen LogP contribution in [-0.2, 0) is 6.54 Å². The molecule has 1 atom stereocenters. The zero-order valence-corrected chi connectivity index (χ0v) is 11.9. The van der Waals surface area contributed by atoms with E-state index in [9.17, 15) is 10.1 Å². The van der Waals surface area contributed by atoms with Gasteiger partial charge in [0.25, 0.3) is 5.69 Å². The van der Waals surface area contributed by atoms with Crippen molar-refractivity contribution in [2.45, 2.75) is 52.2 Å². The number of nitro benzene ring substituents is 1. The van der Waals surface area contributed by atoms with Crippen molar-refractivity contribution < 1.29 is 4.92 Å². The zero-order chi connectivity index (χ0) is 14.0. The predicted octanol–water partition coefficient (Wildman–Crippen LogP) is 3.60. The molecule has 4 nitrogen and oxygen atoms in total. The summed E-state index contributed by atoms with van der Waals surface area (Å²) in [6.07, 6.45) is 2.51. The van der Waals surface area contributed by atoms with Crippen LogP contribution >= 0.6 is 0 Å². The highest BCUT2D eigenvalue weighted by atomic mass is 16.6. The number of nitrogens with zero attached hydrogens (tertiary/aromatic N) is 2. The highest BCUT2D eigenvalue weighted by molar-refractivity contribution is 5.34. The van der Waals surface area contributed by atoms with Crippen LogP contribution < -0.4 is 0 Å². The third-order valence-corrected chi connectivity index (χ3v) is 3.99. The summed E-state index contributed by atoms with van der Waals surface area (Å²) in [7, 11) is 0. The van der Waals surface area contributed by atoms with Crippen molar-refractivity contribution >= 4 is 5.69 Å². The van der Waals surface area contributed by atoms with Gasteiger partial charge in [0.15, 0.2) is 0 Å². The molecule has 0 unspecified atom stereocenters. The minimum atomic E-state index is -0.323. The molecule has 0 aromatic heterocycles. The Kier molecular flexibility index (Phi) is 4.20. The lowest BCUT2D eigenvalue weighted by Crippen LogP contribution is -2.37. The second kappa shape index (κ2) is 5.70. The van der Waals surface area contributed by atoms with Crippen LogP contribution in [0.1, 0.15) is 39.2 Å². The van der Waals surface area contributed by atoms with Crippen LogP contribution in [0.4, 0.5) is 5.69 Å². The molecule has 1 fully saturated rings. The van der Waals surface area contributed by atoms with Crippen LogP contribution in [0.5, 0.6) is 0 Å².